The first-order valence-corrected chi connectivity index (χ1v) is 13.9. The normalized spacial score (nSPS) is 22.9. The molecule has 1 amide bonds. The molecule has 0 unspecified atom stereocenters. The molecule has 0 bridgehead atoms. The van der Waals surface area contributed by atoms with Gasteiger partial charge in [-0.1, -0.05) is 38.3 Å². The summed E-state index contributed by atoms with van der Waals surface area (Å²) in [6.45, 7) is 9.55. The van der Waals surface area contributed by atoms with Gasteiger partial charge in [0.1, 0.15) is 5.82 Å². The summed E-state index contributed by atoms with van der Waals surface area (Å²) < 4.78 is 14.1. The Morgan fingerprint density at radius 2 is 1.89 bits per heavy atom. The molecule has 1 saturated heterocycles. The highest BCUT2D eigenvalue weighted by molar-refractivity contribution is 5.96. The first-order chi connectivity index (χ1) is 17.9. The molecule has 0 spiro atoms. The maximum atomic E-state index is 14.1. The molecule has 200 valence electrons. The van der Waals surface area contributed by atoms with Crippen molar-refractivity contribution >= 4 is 17.6 Å². The highest BCUT2D eigenvalue weighted by atomic mass is 19.1. The van der Waals surface area contributed by atoms with Crippen LogP contribution < -0.4 is 16.0 Å². The first-order valence-electron chi connectivity index (χ1n) is 13.9. The van der Waals surface area contributed by atoms with E-state index in [1.165, 1.54) is 31.7 Å². The molecule has 1 aliphatic heterocycles. The Labute approximate surface area is 221 Å². The number of aryl methyl sites for hydroxylation is 1. The molecular formula is C30H42FN5O. The number of nitrogens with zero attached hydrogens (tertiary/aromatic N) is 2. The molecule has 2 aliphatic rings. The Morgan fingerprint density at radius 1 is 1.11 bits per heavy atom. The summed E-state index contributed by atoms with van der Waals surface area (Å²) in [4.78, 5) is 20.3. The molecule has 2 aromatic rings. The lowest BCUT2D eigenvalue weighted by molar-refractivity contribution is 0.0954. The van der Waals surface area contributed by atoms with Gasteiger partial charge in [-0.2, -0.15) is 0 Å². The molecule has 0 radical (unpaired) electrons. The number of carbonyl (C=O) groups excluding carboxylic acids is 1. The van der Waals surface area contributed by atoms with Gasteiger partial charge in [0.2, 0.25) is 0 Å². The number of benzene rings is 2. The van der Waals surface area contributed by atoms with Crippen LogP contribution in [0.4, 0.5) is 10.1 Å². The summed E-state index contributed by atoms with van der Waals surface area (Å²) >= 11 is 0. The highest BCUT2D eigenvalue weighted by Gasteiger charge is 2.24. The van der Waals surface area contributed by atoms with E-state index in [0.717, 1.165) is 43.3 Å². The molecule has 0 aromatic heterocycles. The molecule has 6 nitrogen and oxygen atoms in total. The molecule has 37 heavy (non-hydrogen) atoms. The van der Waals surface area contributed by atoms with E-state index < -0.39 is 0 Å². The number of amides is 1. The monoisotopic (exact) mass is 507 g/mol. The Bertz CT molecular complexity index is 1070. The number of piperazine rings is 1. The van der Waals surface area contributed by atoms with Crippen LogP contribution >= 0.6 is 0 Å². The van der Waals surface area contributed by atoms with Gasteiger partial charge in [-0.3, -0.25) is 4.79 Å². The molecule has 2 fully saturated rings. The fourth-order valence-corrected chi connectivity index (χ4v) is 5.24. The largest absolute Gasteiger partial charge is 0.352 e. The van der Waals surface area contributed by atoms with Gasteiger partial charge in [0.15, 0.2) is 5.96 Å². The van der Waals surface area contributed by atoms with Crippen molar-refractivity contribution in [3.63, 3.8) is 0 Å². The average molecular weight is 508 g/mol. The zero-order valence-corrected chi connectivity index (χ0v) is 22.5. The van der Waals surface area contributed by atoms with E-state index >= 15 is 0 Å². The second-order valence-electron chi connectivity index (χ2n) is 10.7. The zero-order valence-electron chi connectivity index (χ0n) is 22.5. The third-order valence-corrected chi connectivity index (χ3v) is 7.56. The molecule has 3 atom stereocenters. The summed E-state index contributed by atoms with van der Waals surface area (Å²) in [5.41, 5.74) is 3.01. The van der Waals surface area contributed by atoms with E-state index in [-0.39, 0.29) is 11.7 Å². The number of hydrogen-bond acceptors (Lipinski definition) is 3. The van der Waals surface area contributed by atoms with Gasteiger partial charge in [0, 0.05) is 43.5 Å². The van der Waals surface area contributed by atoms with Gasteiger partial charge >= 0.3 is 0 Å². The second-order valence-corrected chi connectivity index (χ2v) is 10.7. The lowest BCUT2D eigenvalue weighted by Gasteiger charge is -2.35. The van der Waals surface area contributed by atoms with Crippen LogP contribution in [0.25, 0.3) is 0 Å². The number of carbonyl (C=O) groups is 1. The van der Waals surface area contributed by atoms with E-state index in [2.05, 4.69) is 34.7 Å². The van der Waals surface area contributed by atoms with E-state index in [1.54, 1.807) is 6.07 Å². The minimum atomic E-state index is -0.223. The second kappa shape index (κ2) is 13.0. The third-order valence-electron chi connectivity index (χ3n) is 7.56. The van der Waals surface area contributed by atoms with Crippen molar-refractivity contribution < 1.29 is 9.18 Å². The Kier molecular flexibility index (Phi) is 9.56. The van der Waals surface area contributed by atoms with Gasteiger partial charge in [0.25, 0.3) is 5.91 Å². The number of rotatable bonds is 6. The van der Waals surface area contributed by atoms with Crippen molar-refractivity contribution in [2.75, 3.05) is 31.5 Å². The fourth-order valence-electron chi connectivity index (χ4n) is 5.24. The van der Waals surface area contributed by atoms with Crippen molar-refractivity contribution in [3.05, 3.63) is 65.0 Å². The zero-order chi connectivity index (χ0) is 26.2. The summed E-state index contributed by atoms with van der Waals surface area (Å²) in [5.74, 6) is 1.14. The van der Waals surface area contributed by atoms with E-state index in [9.17, 15) is 9.18 Å². The smallest absolute Gasteiger partial charge is 0.251 e. The number of halogens is 1. The Morgan fingerprint density at radius 3 is 2.65 bits per heavy atom. The maximum absolute atomic E-state index is 14.1. The predicted molar refractivity (Wildman–Crippen MR) is 150 cm³/mol. The van der Waals surface area contributed by atoms with Crippen molar-refractivity contribution in [2.45, 2.75) is 71.4 Å². The van der Waals surface area contributed by atoms with E-state index in [0.29, 0.717) is 42.1 Å². The molecule has 2 aromatic carbocycles. The van der Waals surface area contributed by atoms with Crippen LogP contribution in [0.15, 0.2) is 47.5 Å². The van der Waals surface area contributed by atoms with Crippen LogP contribution in [0.5, 0.6) is 0 Å². The lowest BCUT2D eigenvalue weighted by atomic mass is 9.98. The topological polar surface area (TPSA) is 68.8 Å². The van der Waals surface area contributed by atoms with Crippen LogP contribution in [0.3, 0.4) is 0 Å². The van der Waals surface area contributed by atoms with Crippen LogP contribution in [0, 0.1) is 18.7 Å². The number of aliphatic imine (C=N–C) groups is 1. The van der Waals surface area contributed by atoms with Gasteiger partial charge in [-0.25, -0.2) is 9.38 Å². The summed E-state index contributed by atoms with van der Waals surface area (Å²) in [7, 11) is 0. The van der Waals surface area contributed by atoms with Crippen LogP contribution in [0.2, 0.25) is 0 Å². The average Bonchev–Trinajstić information content (AvgIpc) is 3.09. The molecule has 1 aliphatic carbocycles. The highest BCUT2D eigenvalue weighted by Crippen LogP contribution is 2.26. The van der Waals surface area contributed by atoms with Crippen molar-refractivity contribution in [3.8, 4) is 0 Å². The predicted octanol–water partition coefficient (Wildman–Crippen LogP) is 5.14. The fraction of sp³-hybridized carbons (Fsp3) is 0.533. The Hall–Kier alpha value is -2.93. The quantitative estimate of drug-likeness (QED) is 0.288. The van der Waals surface area contributed by atoms with Crippen molar-refractivity contribution in [2.24, 2.45) is 10.9 Å². The standard InChI is InChI=1S/C30H42FN5O/c1-21-9-10-24(27(31)19-21)15-16-33-29(37)25-11-13-26(14-12-25)34-30(36-18-17-32-23(3)20-36)35-28-8-6-4-5-7-22(28)2/h9-14,19,22-23,28,32H,4-8,15-18,20H2,1-3H3,(H,33,37)(H,34,35)/t22-,23-,28-/m0/s1. The molecule has 3 N–H and O–H groups in total. The van der Waals surface area contributed by atoms with Crippen molar-refractivity contribution in [1.82, 2.24) is 15.5 Å². The summed E-state index contributed by atoms with van der Waals surface area (Å²) in [6.07, 6.45) is 6.67. The summed E-state index contributed by atoms with van der Waals surface area (Å²) in [6, 6.07) is 13.5. The number of hydrogen-bond donors (Lipinski definition) is 3. The van der Waals surface area contributed by atoms with Crippen LogP contribution in [0.1, 0.15) is 67.4 Å². The van der Waals surface area contributed by atoms with Gasteiger partial charge in [-0.15, -0.1) is 0 Å². The lowest BCUT2D eigenvalue weighted by Crippen LogP contribution is -2.53. The van der Waals surface area contributed by atoms with Gasteiger partial charge in [-0.05, 0) is 80.5 Å². The number of nitrogens with one attached hydrogen (secondary N) is 3. The SMILES string of the molecule is Cc1ccc(CCNC(=O)c2ccc(NC(=N[C@H]3CCCCC[C@@H]3C)N3CCN[C@@H](C)C3)cc2)c(F)c1. The minimum absolute atomic E-state index is 0.156. The Balaban J connectivity index is 1.39. The number of guanidine groups is 1. The molecule has 4 rings (SSSR count). The minimum Gasteiger partial charge on any atom is -0.352 e. The van der Waals surface area contributed by atoms with Crippen LogP contribution in [-0.4, -0.2) is 55.0 Å². The molecular weight excluding hydrogens is 465 g/mol. The van der Waals surface area contributed by atoms with Gasteiger partial charge < -0.3 is 20.9 Å². The molecule has 1 heterocycles. The third kappa shape index (κ3) is 7.78. The van der Waals surface area contributed by atoms with Crippen molar-refractivity contribution in [1.29, 1.82) is 0 Å². The number of anilines is 1. The van der Waals surface area contributed by atoms with Gasteiger partial charge in [0.05, 0.1) is 6.04 Å². The molecule has 1 saturated carbocycles. The maximum Gasteiger partial charge on any atom is 0.251 e. The van der Waals surface area contributed by atoms with Crippen LogP contribution in [-0.2, 0) is 6.42 Å². The summed E-state index contributed by atoms with van der Waals surface area (Å²) in [5, 5.41) is 10.00. The van der Waals surface area contributed by atoms with E-state index in [4.69, 9.17) is 4.99 Å². The first kappa shape index (κ1) is 27.1. The van der Waals surface area contributed by atoms with E-state index in [1.807, 2.05) is 37.3 Å². The molecule has 7 heteroatoms.